The summed E-state index contributed by atoms with van der Waals surface area (Å²) in [5.74, 6) is 1.31. The molecule has 1 amide bonds. The molecule has 9 heteroatoms. The highest BCUT2D eigenvalue weighted by molar-refractivity contribution is 7.97. The van der Waals surface area contributed by atoms with E-state index in [1.54, 1.807) is 27.8 Å². The minimum Gasteiger partial charge on any atom is -0.350 e. The molecule has 1 unspecified atom stereocenters. The maximum absolute atomic E-state index is 12.5. The van der Waals surface area contributed by atoms with Gasteiger partial charge < -0.3 is 5.32 Å². The van der Waals surface area contributed by atoms with Crippen molar-refractivity contribution in [2.45, 2.75) is 44.0 Å². The normalized spacial score (nSPS) is 17.8. The summed E-state index contributed by atoms with van der Waals surface area (Å²) in [7, 11) is 0. The van der Waals surface area contributed by atoms with E-state index in [1.165, 1.54) is 0 Å². The van der Waals surface area contributed by atoms with Gasteiger partial charge in [0.15, 0.2) is 5.82 Å². The van der Waals surface area contributed by atoms with Crippen LogP contribution in [0.2, 0.25) is 0 Å². The number of nitrogens with zero attached hydrogens (tertiary/aromatic N) is 5. The average Bonchev–Trinajstić information content (AvgIpc) is 3.11. The van der Waals surface area contributed by atoms with Gasteiger partial charge >= 0.3 is 0 Å². The Balaban J connectivity index is 1.62. The Kier molecular flexibility index (Phi) is 5.04. The molecule has 0 saturated carbocycles. The number of thiazole rings is 1. The zero-order valence-electron chi connectivity index (χ0n) is 12.4. The largest absolute Gasteiger partial charge is 0.350 e. The fraction of sp³-hybridized carbons (Fsp3) is 0.615. The van der Waals surface area contributed by atoms with Crippen LogP contribution >= 0.6 is 23.1 Å². The summed E-state index contributed by atoms with van der Waals surface area (Å²) < 4.78 is 1.75. The van der Waals surface area contributed by atoms with Gasteiger partial charge in [-0.3, -0.25) is 4.79 Å². The molecule has 0 bridgehead atoms. The van der Waals surface area contributed by atoms with Gasteiger partial charge in [-0.05, 0) is 29.5 Å². The first-order valence-corrected chi connectivity index (χ1v) is 9.51. The summed E-state index contributed by atoms with van der Waals surface area (Å²) in [4.78, 5) is 17.0. The predicted molar refractivity (Wildman–Crippen MR) is 85.6 cm³/mol. The van der Waals surface area contributed by atoms with Crippen molar-refractivity contribution in [3.8, 4) is 0 Å². The van der Waals surface area contributed by atoms with Crippen LogP contribution in [-0.4, -0.2) is 37.4 Å². The summed E-state index contributed by atoms with van der Waals surface area (Å²) in [5, 5.41) is 17.7. The standard InChI is InChI=1S/C13H18N6OS2/c1-21-8-11-15-9(7-22-11)6-14-13(20)10-4-2-3-5-19-12(10)16-17-18-19/h7,10H,2-6,8H2,1H3,(H,14,20). The highest BCUT2D eigenvalue weighted by Gasteiger charge is 2.28. The second-order valence-electron chi connectivity index (χ2n) is 5.19. The lowest BCUT2D eigenvalue weighted by atomic mass is 10.0. The van der Waals surface area contributed by atoms with Crippen LogP contribution in [-0.2, 0) is 23.6 Å². The molecule has 1 aliphatic heterocycles. The maximum Gasteiger partial charge on any atom is 0.231 e. The molecule has 3 heterocycles. The Morgan fingerprint density at radius 1 is 1.55 bits per heavy atom. The van der Waals surface area contributed by atoms with Gasteiger partial charge in [0.1, 0.15) is 5.01 Å². The number of nitrogens with one attached hydrogen (secondary N) is 1. The number of aromatic nitrogens is 5. The highest BCUT2D eigenvalue weighted by atomic mass is 32.2. The van der Waals surface area contributed by atoms with Gasteiger partial charge in [0.05, 0.1) is 18.2 Å². The highest BCUT2D eigenvalue weighted by Crippen LogP contribution is 2.24. The van der Waals surface area contributed by atoms with E-state index in [0.717, 1.165) is 42.3 Å². The Morgan fingerprint density at radius 2 is 2.45 bits per heavy atom. The molecule has 0 aliphatic carbocycles. The SMILES string of the molecule is CSCc1nc(CNC(=O)C2CCCCn3nnnc32)cs1. The molecule has 0 radical (unpaired) electrons. The minimum absolute atomic E-state index is 0.0163. The Bertz CT molecular complexity index is 640. The zero-order chi connectivity index (χ0) is 15.4. The van der Waals surface area contributed by atoms with Gasteiger partial charge in [0, 0.05) is 17.7 Å². The molecule has 2 aromatic heterocycles. The number of hydrogen-bond donors (Lipinski definition) is 1. The van der Waals surface area contributed by atoms with Crippen molar-refractivity contribution in [3.63, 3.8) is 0 Å². The number of carbonyl (C=O) groups is 1. The Labute approximate surface area is 136 Å². The molecule has 0 fully saturated rings. The predicted octanol–water partition coefficient (Wildman–Crippen LogP) is 1.58. The van der Waals surface area contributed by atoms with Crippen molar-refractivity contribution < 1.29 is 4.79 Å². The molecular weight excluding hydrogens is 320 g/mol. The quantitative estimate of drug-likeness (QED) is 0.891. The lowest BCUT2D eigenvalue weighted by Gasteiger charge is -2.12. The molecule has 0 spiro atoms. The molecule has 2 aromatic rings. The number of tetrazole rings is 1. The lowest BCUT2D eigenvalue weighted by molar-refractivity contribution is -0.123. The van der Waals surface area contributed by atoms with Crippen molar-refractivity contribution in [1.29, 1.82) is 0 Å². The second-order valence-corrected chi connectivity index (χ2v) is 7.00. The molecule has 3 rings (SSSR count). The maximum atomic E-state index is 12.5. The lowest BCUT2D eigenvalue weighted by Crippen LogP contribution is -2.30. The molecule has 22 heavy (non-hydrogen) atoms. The molecule has 1 aliphatic rings. The van der Waals surface area contributed by atoms with Crippen molar-refractivity contribution in [2.24, 2.45) is 0 Å². The summed E-state index contributed by atoms with van der Waals surface area (Å²) in [6.45, 7) is 1.25. The fourth-order valence-electron chi connectivity index (χ4n) is 2.53. The molecule has 1 atom stereocenters. The Morgan fingerprint density at radius 3 is 3.32 bits per heavy atom. The smallest absolute Gasteiger partial charge is 0.231 e. The fourth-order valence-corrected chi connectivity index (χ4v) is 4.04. The van der Waals surface area contributed by atoms with E-state index in [1.807, 2.05) is 5.38 Å². The number of rotatable bonds is 5. The number of carbonyl (C=O) groups excluding carboxylic acids is 1. The van der Waals surface area contributed by atoms with E-state index in [0.29, 0.717) is 12.4 Å². The molecule has 1 N–H and O–H groups in total. The zero-order valence-corrected chi connectivity index (χ0v) is 14.0. The van der Waals surface area contributed by atoms with Crippen LogP contribution in [0.3, 0.4) is 0 Å². The number of aryl methyl sites for hydroxylation is 1. The number of amides is 1. The monoisotopic (exact) mass is 338 g/mol. The average molecular weight is 338 g/mol. The van der Waals surface area contributed by atoms with Crippen LogP contribution in [0.5, 0.6) is 0 Å². The van der Waals surface area contributed by atoms with E-state index >= 15 is 0 Å². The summed E-state index contributed by atoms with van der Waals surface area (Å²) in [6.07, 6.45) is 4.85. The summed E-state index contributed by atoms with van der Waals surface area (Å²) >= 11 is 3.38. The topological polar surface area (TPSA) is 85.6 Å². The summed E-state index contributed by atoms with van der Waals surface area (Å²) in [6, 6.07) is 0. The van der Waals surface area contributed by atoms with Gasteiger partial charge in [-0.25, -0.2) is 9.67 Å². The van der Waals surface area contributed by atoms with Gasteiger partial charge in [0.25, 0.3) is 0 Å². The van der Waals surface area contributed by atoms with E-state index in [9.17, 15) is 4.79 Å². The van der Waals surface area contributed by atoms with Gasteiger partial charge in [-0.15, -0.1) is 16.4 Å². The third kappa shape index (κ3) is 3.46. The minimum atomic E-state index is -0.262. The number of hydrogen-bond acceptors (Lipinski definition) is 7. The molecular formula is C13H18N6OS2. The van der Waals surface area contributed by atoms with Gasteiger partial charge in [-0.2, -0.15) is 11.8 Å². The van der Waals surface area contributed by atoms with Gasteiger partial charge in [-0.1, -0.05) is 6.42 Å². The second kappa shape index (κ2) is 7.19. The van der Waals surface area contributed by atoms with Crippen molar-refractivity contribution in [2.75, 3.05) is 6.26 Å². The van der Waals surface area contributed by atoms with E-state index < -0.39 is 0 Å². The van der Waals surface area contributed by atoms with Crippen molar-refractivity contribution in [1.82, 2.24) is 30.5 Å². The first-order chi connectivity index (χ1) is 10.8. The van der Waals surface area contributed by atoms with Crippen LogP contribution in [0.1, 0.15) is 41.7 Å². The van der Waals surface area contributed by atoms with Crippen LogP contribution in [0.4, 0.5) is 0 Å². The molecule has 0 saturated heterocycles. The third-order valence-corrected chi connectivity index (χ3v) is 5.25. The Hall–Kier alpha value is -1.48. The number of fused-ring (bicyclic) bond motifs is 1. The summed E-state index contributed by atoms with van der Waals surface area (Å²) in [5.41, 5.74) is 0.913. The van der Waals surface area contributed by atoms with Crippen LogP contribution < -0.4 is 5.32 Å². The molecule has 7 nitrogen and oxygen atoms in total. The van der Waals surface area contributed by atoms with Crippen LogP contribution in [0.15, 0.2) is 5.38 Å². The van der Waals surface area contributed by atoms with Crippen LogP contribution in [0, 0.1) is 0 Å². The van der Waals surface area contributed by atoms with E-state index in [-0.39, 0.29) is 11.8 Å². The van der Waals surface area contributed by atoms with E-state index in [2.05, 4.69) is 32.1 Å². The van der Waals surface area contributed by atoms with E-state index in [4.69, 9.17) is 0 Å². The first-order valence-electron chi connectivity index (χ1n) is 7.24. The van der Waals surface area contributed by atoms with Crippen molar-refractivity contribution in [3.05, 3.63) is 21.9 Å². The van der Waals surface area contributed by atoms with Gasteiger partial charge in [0.2, 0.25) is 5.91 Å². The van der Waals surface area contributed by atoms with Crippen molar-refractivity contribution >= 4 is 29.0 Å². The first kappa shape index (κ1) is 15.4. The third-order valence-electron chi connectivity index (χ3n) is 3.61. The number of thioether (sulfide) groups is 1. The molecule has 118 valence electrons. The van der Waals surface area contributed by atoms with Crippen LogP contribution in [0.25, 0.3) is 0 Å². The molecule has 0 aromatic carbocycles.